The monoisotopic (exact) mass is 355 g/mol. The lowest BCUT2D eigenvalue weighted by molar-refractivity contribution is -0.00138. The van der Waals surface area contributed by atoms with E-state index in [0.29, 0.717) is 17.5 Å². The minimum absolute atomic E-state index is 0.123. The maximum atomic E-state index is 13.0. The average Bonchev–Trinajstić information content (AvgIpc) is 3.27. The zero-order valence-electron chi connectivity index (χ0n) is 14.9. The molecule has 1 aromatic carbocycles. The van der Waals surface area contributed by atoms with E-state index in [1.807, 2.05) is 14.1 Å². The normalized spacial score (nSPS) is 29.1. The quantitative estimate of drug-likeness (QED) is 0.917. The molecule has 3 aliphatic heterocycles. The standard InChI is InChI=1S/C20H25N3OS/c1-22(2)15-4-3-14-11-17(25-16(14)12-15)19(24)21-18-13-5-9-23(10-6-13)20(18)7-8-20/h3-4,11-13,18H,5-10H2,1-2H3,(H,21,24). The van der Waals surface area contributed by atoms with E-state index in [1.165, 1.54) is 49.2 Å². The van der Waals surface area contributed by atoms with Gasteiger partial charge in [-0.1, -0.05) is 6.07 Å². The number of carbonyl (C=O) groups excluding carboxylic acids is 1. The topological polar surface area (TPSA) is 35.6 Å². The molecular formula is C20H25N3OS. The van der Waals surface area contributed by atoms with Crippen molar-refractivity contribution in [2.24, 2.45) is 5.92 Å². The van der Waals surface area contributed by atoms with Gasteiger partial charge in [0.15, 0.2) is 0 Å². The van der Waals surface area contributed by atoms with Crippen LogP contribution in [0.2, 0.25) is 0 Å². The van der Waals surface area contributed by atoms with Gasteiger partial charge in [-0.3, -0.25) is 9.69 Å². The van der Waals surface area contributed by atoms with Gasteiger partial charge in [0.2, 0.25) is 0 Å². The van der Waals surface area contributed by atoms with Gasteiger partial charge >= 0.3 is 0 Å². The van der Waals surface area contributed by atoms with Gasteiger partial charge in [0.05, 0.1) is 10.9 Å². The number of nitrogens with one attached hydrogen (secondary N) is 1. The van der Waals surface area contributed by atoms with Gasteiger partial charge in [0, 0.05) is 30.0 Å². The number of benzene rings is 1. The first kappa shape index (κ1) is 15.6. The number of rotatable bonds is 3. The fourth-order valence-corrected chi connectivity index (χ4v) is 5.94. The summed E-state index contributed by atoms with van der Waals surface area (Å²) >= 11 is 1.61. The van der Waals surface area contributed by atoms with Gasteiger partial charge in [0.1, 0.15) is 0 Å². The Morgan fingerprint density at radius 2 is 2.00 bits per heavy atom. The summed E-state index contributed by atoms with van der Waals surface area (Å²) in [5, 5.41) is 4.60. The van der Waals surface area contributed by atoms with Crippen molar-refractivity contribution in [2.45, 2.75) is 37.3 Å². The van der Waals surface area contributed by atoms with Crippen molar-refractivity contribution < 1.29 is 4.79 Å². The second-order valence-corrected chi connectivity index (χ2v) is 9.19. The third-order valence-corrected chi connectivity index (χ3v) is 7.61. The molecular weight excluding hydrogens is 330 g/mol. The summed E-state index contributed by atoms with van der Waals surface area (Å²) in [7, 11) is 4.09. The first-order valence-corrected chi connectivity index (χ1v) is 10.2. The number of piperidine rings is 3. The van der Waals surface area contributed by atoms with Crippen LogP contribution in [0.1, 0.15) is 35.4 Å². The Hall–Kier alpha value is -1.59. The molecule has 4 fully saturated rings. The van der Waals surface area contributed by atoms with Crippen LogP contribution in [0.15, 0.2) is 24.3 Å². The highest BCUT2D eigenvalue weighted by Crippen LogP contribution is 2.53. The molecule has 25 heavy (non-hydrogen) atoms. The van der Waals surface area contributed by atoms with E-state index < -0.39 is 0 Å². The second kappa shape index (κ2) is 5.45. The minimum Gasteiger partial charge on any atom is -0.378 e. The van der Waals surface area contributed by atoms with Crippen LogP contribution < -0.4 is 10.2 Å². The molecule has 5 heteroatoms. The molecule has 4 aliphatic rings. The molecule has 3 saturated heterocycles. The van der Waals surface area contributed by atoms with E-state index in [9.17, 15) is 4.79 Å². The molecule has 0 radical (unpaired) electrons. The van der Waals surface area contributed by atoms with Crippen molar-refractivity contribution in [3.63, 3.8) is 0 Å². The first-order valence-electron chi connectivity index (χ1n) is 9.34. The summed E-state index contributed by atoms with van der Waals surface area (Å²) in [5.41, 5.74) is 1.47. The van der Waals surface area contributed by atoms with E-state index >= 15 is 0 Å². The number of thiophene rings is 1. The van der Waals surface area contributed by atoms with Crippen molar-refractivity contribution >= 4 is 33.0 Å². The highest BCUT2D eigenvalue weighted by atomic mass is 32.1. The molecule has 1 aliphatic carbocycles. The van der Waals surface area contributed by atoms with Crippen LogP contribution in [-0.4, -0.2) is 49.6 Å². The van der Waals surface area contributed by atoms with Gasteiger partial charge in [-0.2, -0.15) is 0 Å². The van der Waals surface area contributed by atoms with E-state index in [0.717, 1.165) is 10.3 Å². The number of amides is 1. The van der Waals surface area contributed by atoms with Crippen molar-refractivity contribution in [3.05, 3.63) is 29.1 Å². The first-order chi connectivity index (χ1) is 12.1. The lowest BCUT2D eigenvalue weighted by Crippen LogP contribution is -2.65. The number of carbonyl (C=O) groups is 1. The van der Waals surface area contributed by atoms with E-state index in [4.69, 9.17) is 0 Å². The van der Waals surface area contributed by atoms with Crippen LogP contribution in [-0.2, 0) is 0 Å². The molecule has 2 bridgehead atoms. The Morgan fingerprint density at radius 1 is 1.24 bits per heavy atom. The highest BCUT2D eigenvalue weighted by molar-refractivity contribution is 7.20. The largest absolute Gasteiger partial charge is 0.378 e. The zero-order chi connectivity index (χ0) is 17.2. The summed E-state index contributed by atoms with van der Waals surface area (Å²) in [5.74, 6) is 0.795. The smallest absolute Gasteiger partial charge is 0.261 e. The van der Waals surface area contributed by atoms with Gasteiger partial charge < -0.3 is 10.2 Å². The molecule has 132 valence electrons. The molecule has 1 unspecified atom stereocenters. The molecule has 6 rings (SSSR count). The maximum absolute atomic E-state index is 13.0. The SMILES string of the molecule is CN(C)c1ccc2cc(C(=O)NC3C4CCN(CC4)C34CC4)sc2c1. The van der Waals surface area contributed by atoms with E-state index in [1.54, 1.807) is 11.3 Å². The van der Waals surface area contributed by atoms with Crippen molar-refractivity contribution in [1.82, 2.24) is 10.2 Å². The third kappa shape index (κ3) is 2.40. The number of nitrogens with zero attached hydrogens (tertiary/aromatic N) is 2. The molecule has 1 saturated carbocycles. The summed E-state index contributed by atoms with van der Waals surface area (Å²) in [6.07, 6.45) is 5.00. The van der Waals surface area contributed by atoms with Gasteiger partial charge in [0.25, 0.3) is 5.91 Å². The summed E-state index contributed by atoms with van der Waals surface area (Å²) in [4.78, 5) is 18.6. The van der Waals surface area contributed by atoms with Gasteiger partial charge in [-0.25, -0.2) is 0 Å². The Labute approximate surface area is 152 Å². The maximum Gasteiger partial charge on any atom is 0.261 e. The average molecular weight is 356 g/mol. The summed E-state index contributed by atoms with van der Waals surface area (Å²) in [6, 6.07) is 8.81. The minimum atomic E-state index is 0.123. The Balaban J connectivity index is 1.40. The molecule has 1 aromatic heterocycles. The Morgan fingerprint density at radius 3 is 2.68 bits per heavy atom. The number of hydrogen-bond donors (Lipinski definition) is 1. The molecule has 1 amide bonds. The lowest BCUT2D eigenvalue weighted by Gasteiger charge is -2.52. The fraction of sp³-hybridized carbons (Fsp3) is 0.550. The van der Waals surface area contributed by atoms with E-state index in [-0.39, 0.29) is 5.91 Å². The van der Waals surface area contributed by atoms with Crippen LogP contribution in [0.5, 0.6) is 0 Å². The molecule has 2 aromatic rings. The summed E-state index contributed by atoms with van der Waals surface area (Å²) < 4.78 is 1.19. The fourth-order valence-electron chi connectivity index (χ4n) is 4.94. The third-order valence-electron chi connectivity index (χ3n) is 6.51. The van der Waals surface area contributed by atoms with Crippen LogP contribution in [0.3, 0.4) is 0 Å². The van der Waals surface area contributed by atoms with E-state index in [2.05, 4.69) is 39.4 Å². The predicted molar refractivity (Wildman–Crippen MR) is 104 cm³/mol. The van der Waals surface area contributed by atoms with Crippen LogP contribution in [0.25, 0.3) is 10.1 Å². The molecule has 1 atom stereocenters. The van der Waals surface area contributed by atoms with Crippen molar-refractivity contribution in [3.8, 4) is 0 Å². The Bertz CT molecular complexity index is 831. The molecule has 1 N–H and O–H groups in total. The van der Waals surface area contributed by atoms with Crippen LogP contribution in [0, 0.1) is 5.92 Å². The molecule has 4 heterocycles. The molecule has 1 spiro atoms. The Kier molecular flexibility index (Phi) is 3.41. The van der Waals surface area contributed by atoms with Crippen molar-refractivity contribution in [1.29, 1.82) is 0 Å². The van der Waals surface area contributed by atoms with Crippen LogP contribution >= 0.6 is 11.3 Å². The van der Waals surface area contributed by atoms with Crippen LogP contribution in [0.4, 0.5) is 5.69 Å². The van der Waals surface area contributed by atoms with Gasteiger partial charge in [-0.05, 0) is 68.3 Å². The molecule has 4 nitrogen and oxygen atoms in total. The summed E-state index contributed by atoms with van der Waals surface area (Å²) in [6.45, 7) is 2.46. The van der Waals surface area contributed by atoms with Gasteiger partial charge in [-0.15, -0.1) is 11.3 Å². The van der Waals surface area contributed by atoms with Crippen molar-refractivity contribution in [2.75, 3.05) is 32.1 Å². The number of fused-ring (bicyclic) bond motifs is 3. The number of hydrogen-bond acceptors (Lipinski definition) is 4. The second-order valence-electron chi connectivity index (χ2n) is 8.11. The number of anilines is 1. The zero-order valence-corrected chi connectivity index (χ0v) is 15.7. The highest BCUT2D eigenvalue weighted by Gasteiger charge is 2.60. The predicted octanol–water partition coefficient (Wildman–Crippen LogP) is 3.32. The lowest BCUT2D eigenvalue weighted by atomic mass is 9.77.